The molecule has 0 aliphatic carbocycles. The predicted molar refractivity (Wildman–Crippen MR) is 106 cm³/mol. The van der Waals surface area contributed by atoms with Gasteiger partial charge in [-0.25, -0.2) is 0 Å². The van der Waals surface area contributed by atoms with E-state index in [0.29, 0.717) is 13.2 Å². The van der Waals surface area contributed by atoms with Gasteiger partial charge in [0.05, 0.1) is 19.3 Å². The Labute approximate surface area is 160 Å². The van der Waals surface area contributed by atoms with Crippen LogP contribution in [0.25, 0.3) is 6.08 Å². The zero-order valence-corrected chi connectivity index (χ0v) is 15.7. The molecule has 0 saturated carbocycles. The first kappa shape index (κ1) is 17.7. The summed E-state index contributed by atoms with van der Waals surface area (Å²) in [6.45, 7) is 4.20. The van der Waals surface area contributed by atoms with Crippen molar-refractivity contribution in [3.8, 4) is 11.5 Å². The Morgan fingerprint density at radius 3 is 2.78 bits per heavy atom. The number of fused-ring (bicyclic) bond motifs is 1. The van der Waals surface area contributed by atoms with Gasteiger partial charge >= 0.3 is 0 Å². The third-order valence-corrected chi connectivity index (χ3v) is 5.15. The van der Waals surface area contributed by atoms with E-state index in [1.165, 1.54) is 5.56 Å². The van der Waals surface area contributed by atoms with Gasteiger partial charge in [-0.05, 0) is 49.1 Å². The van der Waals surface area contributed by atoms with Crippen LogP contribution < -0.4 is 9.47 Å². The molecule has 4 rings (SSSR count). The highest BCUT2D eigenvalue weighted by Gasteiger charge is 2.29. The molecule has 1 atom stereocenters. The molecule has 1 fully saturated rings. The summed E-state index contributed by atoms with van der Waals surface area (Å²) in [6, 6.07) is 14.3. The van der Waals surface area contributed by atoms with Crippen LogP contribution in [0.5, 0.6) is 11.5 Å². The van der Waals surface area contributed by atoms with Crippen molar-refractivity contribution in [2.75, 3.05) is 19.8 Å². The molecule has 4 heteroatoms. The maximum Gasteiger partial charge on any atom is 0.247 e. The summed E-state index contributed by atoms with van der Waals surface area (Å²) >= 11 is 0. The average Bonchev–Trinajstić information content (AvgIpc) is 3.05. The van der Waals surface area contributed by atoms with Gasteiger partial charge in [-0.3, -0.25) is 4.79 Å². The third kappa shape index (κ3) is 4.00. The Morgan fingerprint density at radius 2 is 1.93 bits per heavy atom. The van der Waals surface area contributed by atoms with Crippen LogP contribution in [0.2, 0.25) is 0 Å². The molecule has 4 nitrogen and oxygen atoms in total. The second kappa shape index (κ2) is 7.87. The summed E-state index contributed by atoms with van der Waals surface area (Å²) in [7, 11) is 0. The number of aryl methyl sites for hydroxylation is 1. The first-order chi connectivity index (χ1) is 13.2. The monoisotopic (exact) mass is 363 g/mol. The van der Waals surface area contributed by atoms with Gasteiger partial charge in [-0.1, -0.05) is 35.9 Å². The summed E-state index contributed by atoms with van der Waals surface area (Å²) in [4.78, 5) is 14.8. The van der Waals surface area contributed by atoms with Gasteiger partial charge < -0.3 is 14.4 Å². The molecule has 140 valence electrons. The molecule has 2 aromatic carbocycles. The first-order valence-electron chi connectivity index (χ1n) is 9.65. The molecule has 2 aliphatic heterocycles. The third-order valence-electron chi connectivity index (χ3n) is 5.15. The average molecular weight is 363 g/mol. The van der Waals surface area contributed by atoms with Crippen LogP contribution in [0, 0.1) is 6.92 Å². The van der Waals surface area contributed by atoms with Crippen LogP contribution in [-0.2, 0) is 4.79 Å². The zero-order chi connectivity index (χ0) is 18.6. The second-order valence-corrected chi connectivity index (χ2v) is 7.19. The normalized spacial score (nSPS) is 19.3. The zero-order valence-electron chi connectivity index (χ0n) is 15.7. The quantitative estimate of drug-likeness (QED) is 0.752. The van der Waals surface area contributed by atoms with Gasteiger partial charge in [0, 0.05) is 19.0 Å². The van der Waals surface area contributed by atoms with Crippen molar-refractivity contribution in [2.45, 2.75) is 32.2 Å². The van der Waals surface area contributed by atoms with E-state index in [-0.39, 0.29) is 11.9 Å². The van der Waals surface area contributed by atoms with Crippen molar-refractivity contribution in [1.29, 1.82) is 0 Å². The summed E-state index contributed by atoms with van der Waals surface area (Å²) in [6.07, 6.45) is 6.48. The fourth-order valence-corrected chi connectivity index (χ4v) is 3.80. The van der Waals surface area contributed by atoms with Crippen molar-refractivity contribution in [3.63, 3.8) is 0 Å². The van der Waals surface area contributed by atoms with Gasteiger partial charge in [0.25, 0.3) is 0 Å². The lowest BCUT2D eigenvalue weighted by molar-refractivity contribution is -0.126. The van der Waals surface area contributed by atoms with Gasteiger partial charge in [0.15, 0.2) is 11.5 Å². The van der Waals surface area contributed by atoms with E-state index < -0.39 is 0 Å². The highest BCUT2D eigenvalue weighted by atomic mass is 16.5. The number of amides is 1. The van der Waals surface area contributed by atoms with Crippen LogP contribution >= 0.6 is 0 Å². The van der Waals surface area contributed by atoms with E-state index in [2.05, 4.69) is 25.1 Å². The number of hydrogen-bond acceptors (Lipinski definition) is 3. The van der Waals surface area contributed by atoms with E-state index in [0.717, 1.165) is 48.4 Å². The van der Waals surface area contributed by atoms with Gasteiger partial charge in [0.1, 0.15) is 0 Å². The van der Waals surface area contributed by atoms with Crippen LogP contribution in [0.3, 0.4) is 0 Å². The van der Waals surface area contributed by atoms with Gasteiger partial charge in [-0.15, -0.1) is 0 Å². The van der Waals surface area contributed by atoms with E-state index in [1.54, 1.807) is 6.08 Å². The molecule has 1 amide bonds. The first-order valence-corrected chi connectivity index (χ1v) is 9.65. The Kier molecular flexibility index (Phi) is 5.14. The lowest BCUT2D eigenvalue weighted by Crippen LogP contribution is -2.28. The van der Waals surface area contributed by atoms with Crippen LogP contribution in [0.15, 0.2) is 48.5 Å². The van der Waals surface area contributed by atoms with Gasteiger partial charge in [-0.2, -0.15) is 0 Å². The molecule has 0 spiro atoms. The van der Waals surface area contributed by atoms with Crippen molar-refractivity contribution in [3.05, 3.63) is 65.2 Å². The molecule has 27 heavy (non-hydrogen) atoms. The number of benzene rings is 2. The Balaban J connectivity index is 1.52. The molecule has 1 unspecified atom stereocenters. The fourth-order valence-electron chi connectivity index (χ4n) is 3.80. The Bertz CT molecular complexity index is 858. The number of carbonyl (C=O) groups excluding carboxylic acids is 1. The highest BCUT2D eigenvalue weighted by Crippen LogP contribution is 2.38. The van der Waals surface area contributed by atoms with E-state index in [1.807, 2.05) is 35.2 Å². The SMILES string of the molecule is Cc1cccc(/C=C/C(=O)N2CCCC2c2ccc3c(c2)OCCCO3)c1. The minimum absolute atomic E-state index is 0.0612. The fraction of sp³-hybridized carbons (Fsp3) is 0.348. The van der Waals surface area contributed by atoms with Crippen molar-refractivity contribution < 1.29 is 14.3 Å². The second-order valence-electron chi connectivity index (χ2n) is 7.19. The number of ether oxygens (including phenoxy) is 2. The largest absolute Gasteiger partial charge is 0.490 e. The molecule has 1 saturated heterocycles. The minimum Gasteiger partial charge on any atom is -0.490 e. The predicted octanol–water partition coefficient (Wildman–Crippen LogP) is 4.53. The van der Waals surface area contributed by atoms with Crippen LogP contribution in [-0.4, -0.2) is 30.6 Å². The summed E-state index contributed by atoms with van der Waals surface area (Å²) in [5.41, 5.74) is 3.36. The summed E-state index contributed by atoms with van der Waals surface area (Å²) in [5, 5.41) is 0. The summed E-state index contributed by atoms with van der Waals surface area (Å²) in [5.74, 6) is 1.65. The molecule has 2 aliphatic rings. The maximum absolute atomic E-state index is 12.8. The topological polar surface area (TPSA) is 38.8 Å². The smallest absolute Gasteiger partial charge is 0.247 e. The van der Waals surface area contributed by atoms with E-state index >= 15 is 0 Å². The van der Waals surface area contributed by atoms with Crippen LogP contribution in [0.1, 0.15) is 42.0 Å². The lowest BCUT2D eigenvalue weighted by Gasteiger charge is -2.24. The number of hydrogen-bond donors (Lipinski definition) is 0. The Hall–Kier alpha value is -2.75. The van der Waals surface area contributed by atoms with E-state index in [9.17, 15) is 4.79 Å². The number of rotatable bonds is 3. The Morgan fingerprint density at radius 1 is 1.07 bits per heavy atom. The number of likely N-dealkylation sites (tertiary alicyclic amines) is 1. The number of carbonyl (C=O) groups is 1. The van der Waals surface area contributed by atoms with E-state index in [4.69, 9.17) is 9.47 Å². The molecule has 2 heterocycles. The van der Waals surface area contributed by atoms with Crippen molar-refractivity contribution in [2.24, 2.45) is 0 Å². The molecular weight excluding hydrogens is 338 g/mol. The minimum atomic E-state index is 0.0612. The molecule has 0 N–H and O–H groups in total. The summed E-state index contributed by atoms with van der Waals surface area (Å²) < 4.78 is 11.5. The molecule has 2 aromatic rings. The molecular formula is C23H25NO3. The molecule has 0 aromatic heterocycles. The van der Waals surface area contributed by atoms with Crippen LogP contribution in [0.4, 0.5) is 0 Å². The lowest BCUT2D eigenvalue weighted by atomic mass is 10.0. The van der Waals surface area contributed by atoms with Gasteiger partial charge in [0.2, 0.25) is 5.91 Å². The number of nitrogens with zero attached hydrogens (tertiary/aromatic N) is 1. The molecule has 0 bridgehead atoms. The standard InChI is InChI=1S/C23H25NO3/c1-17-5-2-6-18(15-17)8-11-23(25)24-12-3-7-20(24)19-9-10-21-22(16-19)27-14-4-13-26-21/h2,5-6,8-11,15-16,20H,3-4,7,12-14H2,1H3/b11-8+. The van der Waals surface area contributed by atoms with Crippen molar-refractivity contribution in [1.82, 2.24) is 4.90 Å². The highest BCUT2D eigenvalue weighted by molar-refractivity contribution is 5.92. The van der Waals surface area contributed by atoms with Crippen molar-refractivity contribution >= 4 is 12.0 Å². The maximum atomic E-state index is 12.8. The molecule has 0 radical (unpaired) electrons.